The number of carbonyl (C=O) groups excluding carboxylic acids is 1. The van der Waals surface area contributed by atoms with E-state index in [2.05, 4.69) is 25.8 Å². The number of methoxy groups -OCH3 is 2. The third-order valence-electron chi connectivity index (χ3n) is 5.22. The molecule has 0 aliphatic heterocycles. The number of benzene rings is 2. The van der Waals surface area contributed by atoms with Crippen LogP contribution in [0.5, 0.6) is 11.5 Å². The van der Waals surface area contributed by atoms with E-state index in [-0.39, 0.29) is 17.9 Å². The van der Waals surface area contributed by atoms with Gasteiger partial charge in [-0.3, -0.25) is 14.2 Å². The summed E-state index contributed by atoms with van der Waals surface area (Å²) in [4.78, 5) is 29.6. The van der Waals surface area contributed by atoms with Gasteiger partial charge in [0.25, 0.3) is 5.56 Å². The number of hydrogen-bond acceptors (Lipinski definition) is 8. The molecular weight excluding hydrogens is 426 g/mol. The number of rotatable bonds is 8. The number of amides is 1. The number of aromatic nitrogens is 6. The van der Waals surface area contributed by atoms with Crippen molar-refractivity contribution in [2.75, 3.05) is 19.5 Å². The maximum Gasteiger partial charge on any atom is 0.261 e. The fourth-order valence-electron chi connectivity index (χ4n) is 3.48. The van der Waals surface area contributed by atoms with E-state index in [9.17, 15) is 9.59 Å². The Labute approximate surface area is 189 Å². The van der Waals surface area contributed by atoms with E-state index in [1.807, 2.05) is 25.1 Å². The highest BCUT2D eigenvalue weighted by Gasteiger charge is 2.12. The molecule has 0 unspecified atom stereocenters. The molecule has 4 rings (SSSR count). The van der Waals surface area contributed by atoms with Crippen molar-refractivity contribution in [3.8, 4) is 17.2 Å². The first-order valence-corrected chi connectivity index (χ1v) is 10.2. The summed E-state index contributed by atoms with van der Waals surface area (Å²) in [5, 5.41) is 14.5. The highest BCUT2D eigenvalue weighted by molar-refractivity contribution is 5.91. The lowest BCUT2D eigenvalue weighted by molar-refractivity contribution is -0.116. The van der Waals surface area contributed by atoms with Crippen LogP contribution in [0.1, 0.15) is 18.4 Å². The summed E-state index contributed by atoms with van der Waals surface area (Å²) in [6, 6.07) is 8.80. The fourth-order valence-corrected chi connectivity index (χ4v) is 3.48. The first-order valence-electron chi connectivity index (χ1n) is 10.2. The standard InChI is InChI=1S/C22H23N7O4/c1-14-6-7-15(9-18(14)29-13-24-26-27-29)25-21(30)5-4-8-28-12-23-17-11-20(33-3)19(32-2)10-16(17)22(28)31/h6-7,9-13H,4-5,8H2,1-3H3,(H,25,30). The Hall–Kier alpha value is -4.28. The van der Waals surface area contributed by atoms with Crippen LogP contribution >= 0.6 is 0 Å². The average molecular weight is 449 g/mol. The van der Waals surface area contributed by atoms with Gasteiger partial charge in [-0.15, -0.1) is 5.10 Å². The molecule has 0 aliphatic carbocycles. The van der Waals surface area contributed by atoms with E-state index >= 15 is 0 Å². The summed E-state index contributed by atoms with van der Waals surface area (Å²) in [5.74, 6) is 0.806. The fraction of sp³-hybridized carbons (Fsp3) is 0.273. The summed E-state index contributed by atoms with van der Waals surface area (Å²) in [6.45, 7) is 2.29. The lowest BCUT2D eigenvalue weighted by Crippen LogP contribution is -2.22. The molecule has 0 aliphatic rings. The zero-order valence-electron chi connectivity index (χ0n) is 18.5. The van der Waals surface area contributed by atoms with Crippen molar-refractivity contribution in [3.63, 3.8) is 0 Å². The second-order valence-electron chi connectivity index (χ2n) is 7.37. The number of nitrogens with zero attached hydrogens (tertiary/aromatic N) is 6. The zero-order valence-corrected chi connectivity index (χ0v) is 18.5. The predicted molar refractivity (Wildman–Crippen MR) is 121 cm³/mol. The molecule has 4 aromatic rings. The maximum atomic E-state index is 12.9. The van der Waals surface area contributed by atoms with Crippen LogP contribution in [0, 0.1) is 6.92 Å². The highest BCUT2D eigenvalue weighted by atomic mass is 16.5. The minimum absolute atomic E-state index is 0.158. The quantitative estimate of drug-likeness (QED) is 0.433. The summed E-state index contributed by atoms with van der Waals surface area (Å²) < 4.78 is 13.6. The highest BCUT2D eigenvalue weighted by Crippen LogP contribution is 2.29. The summed E-state index contributed by atoms with van der Waals surface area (Å²) in [5.41, 5.74) is 2.70. The van der Waals surface area contributed by atoms with Gasteiger partial charge in [0.1, 0.15) is 6.33 Å². The summed E-state index contributed by atoms with van der Waals surface area (Å²) >= 11 is 0. The van der Waals surface area contributed by atoms with Gasteiger partial charge in [-0.25, -0.2) is 9.67 Å². The molecule has 0 saturated heterocycles. The number of nitrogens with one attached hydrogen (secondary N) is 1. The molecule has 2 heterocycles. The molecule has 1 N–H and O–H groups in total. The minimum Gasteiger partial charge on any atom is -0.493 e. The number of ether oxygens (including phenoxy) is 2. The lowest BCUT2D eigenvalue weighted by atomic mass is 10.1. The molecule has 0 atom stereocenters. The van der Waals surface area contributed by atoms with E-state index < -0.39 is 0 Å². The van der Waals surface area contributed by atoms with Crippen molar-refractivity contribution >= 4 is 22.5 Å². The van der Waals surface area contributed by atoms with Crippen molar-refractivity contribution in [3.05, 3.63) is 58.9 Å². The monoisotopic (exact) mass is 449 g/mol. The Balaban J connectivity index is 1.41. The molecule has 0 saturated carbocycles. The molecule has 0 radical (unpaired) electrons. The van der Waals surface area contributed by atoms with Gasteiger partial charge < -0.3 is 14.8 Å². The Kier molecular flexibility index (Phi) is 6.29. The van der Waals surface area contributed by atoms with Crippen molar-refractivity contribution in [2.24, 2.45) is 0 Å². The van der Waals surface area contributed by atoms with E-state index in [1.54, 1.807) is 12.1 Å². The second-order valence-corrected chi connectivity index (χ2v) is 7.37. The number of hydrogen-bond donors (Lipinski definition) is 1. The van der Waals surface area contributed by atoms with Gasteiger partial charge in [0.15, 0.2) is 11.5 Å². The Morgan fingerprint density at radius 3 is 2.61 bits per heavy atom. The summed E-state index contributed by atoms with van der Waals surface area (Å²) in [7, 11) is 3.04. The average Bonchev–Trinajstić information content (AvgIpc) is 3.36. The van der Waals surface area contributed by atoms with E-state index in [0.717, 1.165) is 11.3 Å². The van der Waals surface area contributed by atoms with Crippen molar-refractivity contribution in [2.45, 2.75) is 26.3 Å². The SMILES string of the molecule is COc1cc2ncn(CCCC(=O)Nc3ccc(C)c(-n4cnnn4)c3)c(=O)c2cc1OC. The zero-order chi connectivity index (χ0) is 23.4. The number of aryl methyl sites for hydroxylation is 2. The smallest absolute Gasteiger partial charge is 0.261 e. The number of anilines is 1. The first kappa shape index (κ1) is 21.9. The van der Waals surface area contributed by atoms with Crippen molar-refractivity contribution < 1.29 is 14.3 Å². The molecule has 2 aromatic heterocycles. The van der Waals surface area contributed by atoms with Crippen LogP contribution in [0.15, 0.2) is 47.8 Å². The van der Waals surface area contributed by atoms with E-state index in [1.165, 1.54) is 36.1 Å². The third kappa shape index (κ3) is 4.66. The van der Waals surface area contributed by atoms with Gasteiger partial charge in [0, 0.05) is 24.7 Å². The number of carbonyl (C=O) groups is 1. The van der Waals surface area contributed by atoms with Crippen LogP contribution in [0.4, 0.5) is 5.69 Å². The molecule has 1 amide bonds. The largest absolute Gasteiger partial charge is 0.493 e. The van der Waals surface area contributed by atoms with Gasteiger partial charge in [-0.1, -0.05) is 6.07 Å². The van der Waals surface area contributed by atoms with Gasteiger partial charge in [-0.2, -0.15) is 0 Å². The number of fused-ring (bicyclic) bond motifs is 1. The summed E-state index contributed by atoms with van der Waals surface area (Å²) in [6.07, 6.45) is 3.68. The predicted octanol–water partition coefficient (Wildman–Crippen LogP) is 2.12. The van der Waals surface area contributed by atoms with Gasteiger partial charge >= 0.3 is 0 Å². The van der Waals surface area contributed by atoms with E-state index in [0.29, 0.717) is 41.1 Å². The van der Waals surface area contributed by atoms with Crippen molar-refractivity contribution in [1.29, 1.82) is 0 Å². The van der Waals surface area contributed by atoms with Crippen LogP contribution in [0.25, 0.3) is 16.6 Å². The van der Waals surface area contributed by atoms with Gasteiger partial charge in [0.05, 0.1) is 37.1 Å². The molecule has 0 spiro atoms. The Morgan fingerprint density at radius 1 is 1.09 bits per heavy atom. The third-order valence-corrected chi connectivity index (χ3v) is 5.22. The van der Waals surface area contributed by atoms with Gasteiger partial charge in [0.2, 0.25) is 5.91 Å². The molecule has 11 heteroatoms. The number of tetrazole rings is 1. The van der Waals surface area contributed by atoms with Crippen LogP contribution < -0.4 is 20.3 Å². The van der Waals surface area contributed by atoms with Crippen LogP contribution in [0.2, 0.25) is 0 Å². The molecule has 0 fully saturated rings. The van der Waals surface area contributed by atoms with Crippen LogP contribution in [-0.2, 0) is 11.3 Å². The van der Waals surface area contributed by atoms with Crippen LogP contribution in [-0.4, -0.2) is 49.9 Å². The molecule has 0 bridgehead atoms. The van der Waals surface area contributed by atoms with Crippen LogP contribution in [0.3, 0.4) is 0 Å². The Morgan fingerprint density at radius 2 is 1.88 bits per heavy atom. The first-order chi connectivity index (χ1) is 16.0. The minimum atomic E-state index is -0.203. The van der Waals surface area contributed by atoms with Gasteiger partial charge in [-0.05, 0) is 47.5 Å². The lowest BCUT2D eigenvalue weighted by Gasteiger charge is -2.11. The van der Waals surface area contributed by atoms with E-state index in [4.69, 9.17) is 9.47 Å². The topological polar surface area (TPSA) is 126 Å². The molecule has 11 nitrogen and oxygen atoms in total. The molecule has 2 aromatic carbocycles. The normalized spacial score (nSPS) is 10.9. The molecular formula is C22H23N7O4. The second kappa shape index (κ2) is 9.47. The maximum absolute atomic E-state index is 12.9. The molecule has 170 valence electrons. The van der Waals surface area contributed by atoms with Crippen molar-refractivity contribution in [1.82, 2.24) is 29.8 Å². The Bertz CT molecular complexity index is 1350. The molecule has 33 heavy (non-hydrogen) atoms.